The van der Waals surface area contributed by atoms with E-state index < -0.39 is 0 Å². The van der Waals surface area contributed by atoms with Crippen LogP contribution >= 0.6 is 11.8 Å². The quantitative estimate of drug-likeness (QED) is 0.853. The molecular formula is C13H18ClFN2O. The summed E-state index contributed by atoms with van der Waals surface area (Å²) in [6, 6.07) is 5.18. The van der Waals surface area contributed by atoms with Crippen LogP contribution in [0, 0.1) is 5.82 Å². The molecule has 1 aliphatic rings. The van der Waals surface area contributed by atoms with E-state index in [0.717, 1.165) is 31.6 Å². The number of nitrogens with one attached hydrogen (secondary N) is 1. The van der Waals surface area contributed by atoms with Crippen molar-refractivity contribution >= 4 is 17.5 Å². The zero-order valence-corrected chi connectivity index (χ0v) is 11.2. The number of benzene rings is 1. The third-order valence-electron chi connectivity index (χ3n) is 3.43. The molecule has 100 valence electrons. The number of ether oxygens (including phenoxy) is 1. The molecule has 0 spiro atoms. The van der Waals surface area contributed by atoms with E-state index in [1.54, 1.807) is 7.11 Å². The van der Waals surface area contributed by atoms with Gasteiger partial charge in [-0.2, -0.15) is 0 Å². The summed E-state index contributed by atoms with van der Waals surface area (Å²) in [6.45, 7) is 2.21. The number of piperidine rings is 1. The zero-order chi connectivity index (χ0) is 13.0. The number of hydrogen-bond donors (Lipinski definition) is 1. The Morgan fingerprint density at radius 2 is 2.17 bits per heavy atom. The summed E-state index contributed by atoms with van der Waals surface area (Å²) in [5.41, 5.74) is 1.64. The molecule has 1 aliphatic heterocycles. The Morgan fingerprint density at radius 1 is 1.44 bits per heavy atom. The van der Waals surface area contributed by atoms with Crippen LogP contribution in [0.3, 0.4) is 0 Å². The molecular weight excluding hydrogens is 255 g/mol. The first-order chi connectivity index (χ1) is 8.74. The average Bonchev–Trinajstić information content (AvgIpc) is 2.42. The highest BCUT2D eigenvalue weighted by atomic mass is 35.5. The van der Waals surface area contributed by atoms with Gasteiger partial charge in [-0.05, 0) is 42.8 Å². The van der Waals surface area contributed by atoms with Gasteiger partial charge in [0.05, 0.1) is 6.10 Å². The number of halogens is 2. The lowest BCUT2D eigenvalue weighted by Crippen LogP contribution is -2.36. The van der Waals surface area contributed by atoms with Gasteiger partial charge in [-0.1, -0.05) is 0 Å². The summed E-state index contributed by atoms with van der Waals surface area (Å²) in [5, 5.41) is 0. The molecule has 0 bridgehead atoms. The molecule has 3 nitrogen and oxygen atoms in total. The van der Waals surface area contributed by atoms with Gasteiger partial charge in [0, 0.05) is 38.0 Å². The van der Waals surface area contributed by atoms with Crippen LogP contribution in [0.15, 0.2) is 18.2 Å². The van der Waals surface area contributed by atoms with Crippen LogP contribution in [0.5, 0.6) is 0 Å². The highest BCUT2D eigenvalue weighted by Crippen LogP contribution is 2.23. The van der Waals surface area contributed by atoms with Crippen molar-refractivity contribution in [3.8, 4) is 0 Å². The summed E-state index contributed by atoms with van der Waals surface area (Å²) in [7, 11) is 1.75. The molecule has 0 aromatic heterocycles. The van der Waals surface area contributed by atoms with Crippen molar-refractivity contribution in [2.24, 2.45) is 0 Å². The number of hydrogen-bond acceptors (Lipinski definition) is 3. The van der Waals surface area contributed by atoms with Crippen molar-refractivity contribution in [3.05, 3.63) is 29.6 Å². The number of nitrogens with zero attached hydrogens (tertiary/aromatic N) is 1. The molecule has 1 aromatic carbocycles. The van der Waals surface area contributed by atoms with Gasteiger partial charge in [0.1, 0.15) is 5.82 Å². The fourth-order valence-electron chi connectivity index (χ4n) is 2.31. The number of rotatable bonds is 4. The van der Waals surface area contributed by atoms with Gasteiger partial charge in [0.2, 0.25) is 0 Å². The van der Waals surface area contributed by atoms with E-state index in [-0.39, 0.29) is 5.82 Å². The maximum absolute atomic E-state index is 13.5. The van der Waals surface area contributed by atoms with Gasteiger partial charge in [-0.3, -0.25) is 0 Å². The van der Waals surface area contributed by atoms with E-state index in [1.807, 2.05) is 12.1 Å². The molecule has 1 heterocycles. The Kier molecular flexibility index (Phi) is 4.80. The van der Waals surface area contributed by atoms with Gasteiger partial charge in [0.25, 0.3) is 0 Å². The van der Waals surface area contributed by atoms with E-state index in [2.05, 4.69) is 9.74 Å². The molecule has 1 aromatic rings. The highest BCUT2D eigenvalue weighted by Gasteiger charge is 2.19. The van der Waals surface area contributed by atoms with Gasteiger partial charge in [-0.15, -0.1) is 0 Å². The summed E-state index contributed by atoms with van der Waals surface area (Å²) in [4.78, 5) is 4.72. The summed E-state index contributed by atoms with van der Waals surface area (Å²) in [5.74, 6) is -0.223. The highest BCUT2D eigenvalue weighted by molar-refractivity contribution is 6.13. The average molecular weight is 273 g/mol. The van der Waals surface area contributed by atoms with E-state index in [9.17, 15) is 4.39 Å². The molecule has 0 radical (unpaired) electrons. The minimum atomic E-state index is -0.223. The third-order valence-corrected chi connectivity index (χ3v) is 3.56. The minimum Gasteiger partial charge on any atom is -0.381 e. The van der Waals surface area contributed by atoms with Crippen LogP contribution in [-0.2, 0) is 11.3 Å². The fraction of sp³-hybridized carbons (Fsp3) is 0.538. The van der Waals surface area contributed by atoms with Gasteiger partial charge in [-0.25, -0.2) is 9.23 Å². The number of anilines is 1. The Morgan fingerprint density at radius 3 is 2.78 bits per heavy atom. The van der Waals surface area contributed by atoms with E-state index >= 15 is 0 Å². The number of methoxy groups -OCH3 is 1. The second-order valence-corrected chi connectivity index (χ2v) is 4.78. The van der Waals surface area contributed by atoms with Crippen molar-refractivity contribution in [2.45, 2.75) is 25.5 Å². The largest absolute Gasteiger partial charge is 0.381 e. The molecule has 5 heteroatoms. The second-order valence-electron chi connectivity index (χ2n) is 4.51. The Bertz CT molecular complexity index is 395. The van der Waals surface area contributed by atoms with E-state index in [4.69, 9.17) is 16.5 Å². The molecule has 1 saturated heterocycles. The van der Waals surface area contributed by atoms with Crippen molar-refractivity contribution < 1.29 is 9.13 Å². The standard InChI is InChI=1S/C13H18ClFN2O/c1-18-12-4-6-17(7-5-12)11-2-3-13(15)10(8-11)9-16-14/h2-3,8,12,16H,4-7,9H2,1H3. The van der Waals surface area contributed by atoms with Crippen molar-refractivity contribution in [1.29, 1.82) is 0 Å². The Hall–Kier alpha value is -0.840. The lowest BCUT2D eigenvalue weighted by molar-refractivity contribution is 0.0819. The third kappa shape index (κ3) is 3.13. The lowest BCUT2D eigenvalue weighted by atomic mass is 10.1. The van der Waals surface area contributed by atoms with Crippen LogP contribution in [0.4, 0.5) is 10.1 Å². The summed E-state index contributed by atoms with van der Waals surface area (Å²) >= 11 is 5.44. The van der Waals surface area contributed by atoms with Crippen LogP contribution in [0.1, 0.15) is 18.4 Å². The smallest absolute Gasteiger partial charge is 0.127 e. The molecule has 0 unspecified atom stereocenters. The SMILES string of the molecule is COC1CCN(c2ccc(F)c(CNCl)c2)CC1. The van der Waals surface area contributed by atoms with Gasteiger partial charge in [0.15, 0.2) is 0 Å². The predicted molar refractivity (Wildman–Crippen MR) is 71.3 cm³/mol. The second kappa shape index (κ2) is 6.36. The van der Waals surface area contributed by atoms with Gasteiger partial charge < -0.3 is 9.64 Å². The Balaban J connectivity index is 2.07. The molecule has 18 heavy (non-hydrogen) atoms. The zero-order valence-electron chi connectivity index (χ0n) is 10.5. The van der Waals surface area contributed by atoms with Crippen molar-refractivity contribution in [1.82, 2.24) is 4.84 Å². The van der Waals surface area contributed by atoms with E-state index in [1.165, 1.54) is 6.07 Å². The van der Waals surface area contributed by atoms with Crippen molar-refractivity contribution in [2.75, 3.05) is 25.1 Å². The van der Waals surface area contributed by atoms with Gasteiger partial charge >= 0.3 is 0 Å². The monoisotopic (exact) mass is 272 g/mol. The topological polar surface area (TPSA) is 24.5 Å². The van der Waals surface area contributed by atoms with Crippen LogP contribution in [0.2, 0.25) is 0 Å². The van der Waals surface area contributed by atoms with Crippen molar-refractivity contribution in [3.63, 3.8) is 0 Å². The molecule has 0 aliphatic carbocycles. The lowest BCUT2D eigenvalue weighted by Gasteiger charge is -2.33. The maximum atomic E-state index is 13.5. The first-order valence-electron chi connectivity index (χ1n) is 6.14. The summed E-state index contributed by atoms with van der Waals surface area (Å²) in [6.07, 6.45) is 2.37. The van der Waals surface area contributed by atoms with Crippen LogP contribution in [0.25, 0.3) is 0 Å². The summed E-state index contributed by atoms with van der Waals surface area (Å²) < 4.78 is 18.8. The first-order valence-corrected chi connectivity index (χ1v) is 6.52. The maximum Gasteiger partial charge on any atom is 0.127 e. The first kappa shape index (κ1) is 13.6. The molecule has 2 rings (SSSR count). The molecule has 0 saturated carbocycles. The van der Waals surface area contributed by atoms with Crippen LogP contribution in [-0.4, -0.2) is 26.3 Å². The fourth-order valence-corrected chi connectivity index (χ4v) is 2.46. The van der Waals surface area contributed by atoms with E-state index in [0.29, 0.717) is 18.2 Å². The minimum absolute atomic E-state index is 0.223. The normalized spacial score (nSPS) is 17.2. The predicted octanol–water partition coefficient (Wildman–Crippen LogP) is 2.68. The molecule has 1 N–H and O–H groups in total. The molecule has 0 amide bonds. The molecule has 0 atom stereocenters. The molecule has 1 fully saturated rings. The Labute approximate surface area is 112 Å². The van der Waals surface area contributed by atoms with Crippen LogP contribution < -0.4 is 9.74 Å².